The van der Waals surface area contributed by atoms with E-state index in [1.165, 1.54) is 18.2 Å². The van der Waals surface area contributed by atoms with Gasteiger partial charge in [-0.25, -0.2) is 4.98 Å². The van der Waals surface area contributed by atoms with E-state index >= 15 is 0 Å². The van der Waals surface area contributed by atoms with Crippen LogP contribution in [0.25, 0.3) is 21.8 Å². The molecule has 364 valence electrons. The van der Waals surface area contributed by atoms with Crippen molar-refractivity contribution < 1.29 is 27.6 Å². The molecule has 0 atom stereocenters. The minimum Gasteiger partial charge on any atom is -0.368 e. The van der Waals surface area contributed by atoms with Crippen LogP contribution in [0.4, 0.5) is 18.9 Å². The van der Waals surface area contributed by atoms with E-state index in [0.717, 1.165) is 110 Å². The molecule has 18 heteroatoms. The third-order valence-corrected chi connectivity index (χ3v) is 13.0. The predicted molar refractivity (Wildman–Crippen MR) is 262 cm³/mol. The first-order chi connectivity index (χ1) is 33.9. The number of aldehydes is 1. The average molecular weight is 956 g/mol. The molecule has 0 aliphatic carbocycles. The number of H-pyrrole nitrogens is 1. The number of anilines is 1. The third-order valence-electron chi connectivity index (χ3n) is 13.0. The molecule has 4 aromatic heterocycles. The van der Waals surface area contributed by atoms with Gasteiger partial charge in [0.15, 0.2) is 0 Å². The van der Waals surface area contributed by atoms with Crippen molar-refractivity contribution in [1.29, 1.82) is 0 Å². The second kappa shape index (κ2) is 22.4. The number of piperazine rings is 1. The SMILES string of the molecule is CCc1cc2ncc(CN3CCN(c4ccc(C(=O)NCCn5cc(CCNC)nn5)nc4)CC3)cc2[nH]c1=O.O=Cc1ccc(C2CCN(C(=O)c3cccc4c(C(F)(F)F)cccc34)CC2)cc1. The highest BCUT2D eigenvalue weighted by Gasteiger charge is 2.33. The normalized spacial score (nSPS) is 14.6. The smallest absolute Gasteiger partial charge is 0.368 e. The number of aromatic nitrogens is 6. The lowest BCUT2D eigenvalue weighted by Gasteiger charge is -2.36. The van der Waals surface area contributed by atoms with Crippen molar-refractivity contribution in [2.24, 2.45) is 0 Å². The summed E-state index contributed by atoms with van der Waals surface area (Å²) in [5, 5.41) is 14.6. The quantitative estimate of drug-likeness (QED) is 0.0994. The van der Waals surface area contributed by atoms with E-state index in [1.54, 1.807) is 46.1 Å². The molecule has 3 N–H and O–H groups in total. The molecule has 0 spiro atoms. The van der Waals surface area contributed by atoms with Gasteiger partial charge in [-0.2, -0.15) is 13.2 Å². The number of fused-ring (bicyclic) bond motifs is 2. The summed E-state index contributed by atoms with van der Waals surface area (Å²) in [4.78, 5) is 67.0. The van der Waals surface area contributed by atoms with Crippen LogP contribution in [0.15, 0.2) is 108 Å². The van der Waals surface area contributed by atoms with E-state index in [-0.39, 0.29) is 22.8 Å². The number of rotatable bonds is 14. The van der Waals surface area contributed by atoms with Gasteiger partial charge in [0.2, 0.25) is 0 Å². The lowest BCUT2D eigenvalue weighted by molar-refractivity contribution is -0.136. The Hall–Kier alpha value is -7.31. The number of aryl methyl sites for hydroxylation is 1. The minimum absolute atomic E-state index is 0.0409. The Bertz CT molecular complexity index is 2980. The second-order valence-corrected chi connectivity index (χ2v) is 17.6. The third kappa shape index (κ3) is 11.9. The zero-order valence-electron chi connectivity index (χ0n) is 39.2. The minimum atomic E-state index is -4.47. The maximum atomic E-state index is 13.3. The summed E-state index contributed by atoms with van der Waals surface area (Å²) in [5.74, 6) is -0.156. The maximum absolute atomic E-state index is 13.3. The molecule has 2 saturated heterocycles. The van der Waals surface area contributed by atoms with Crippen LogP contribution >= 0.6 is 0 Å². The van der Waals surface area contributed by atoms with Gasteiger partial charge in [-0.15, -0.1) is 5.10 Å². The molecule has 2 aliphatic rings. The van der Waals surface area contributed by atoms with Gasteiger partial charge in [-0.05, 0) is 90.5 Å². The molecule has 9 rings (SSSR count). The molecule has 0 saturated carbocycles. The number of hydrogen-bond donors (Lipinski definition) is 3. The highest BCUT2D eigenvalue weighted by Crippen LogP contribution is 2.36. The topological polar surface area (TPSA) is 174 Å². The van der Waals surface area contributed by atoms with Gasteiger partial charge in [-0.1, -0.05) is 60.7 Å². The number of alkyl halides is 3. The van der Waals surface area contributed by atoms with Crippen molar-refractivity contribution in [2.75, 3.05) is 64.3 Å². The van der Waals surface area contributed by atoms with Gasteiger partial charge in [0.1, 0.15) is 12.0 Å². The summed E-state index contributed by atoms with van der Waals surface area (Å²) >= 11 is 0. The molecule has 7 aromatic rings. The van der Waals surface area contributed by atoms with Crippen LogP contribution < -0.4 is 21.1 Å². The standard InChI is InChI=1S/C28H36N10O2.C24H20F3NO2/c1-3-21-15-25-26(33-27(21)39)14-20(16-31-25)18-36-10-12-37(13-11-36)23-4-5-24(32-17-23)28(40)30-8-9-38-19-22(34-35-38)6-7-29-2;25-24(26,27)22-6-2-3-19-20(22)4-1-5-21(19)23(30)28-13-11-18(12-14-28)17-9-7-16(15-29)8-10-17/h4-5,14-17,19,29H,3,6-13,18H2,1-2H3,(H,30,40)(H,33,39);1-10,15,18H,11-14H2. The number of likely N-dealkylation sites (N-methyl/N-ethyl adjacent to an activating group) is 1. The number of aromatic amines is 1. The van der Waals surface area contributed by atoms with Crippen molar-refractivity contribution in [3.8, 4) is 0 Å². The Morgan fingerprint density at radius 1 is 0.871 bits per heavy atom. The van der Waals surface area contributed by atoms with Crippen LogP contribution in [0.3, 0.4) is 0 Å². The molecule has 0 bridgehead atoms. The molecule has 3 aromatic carbocycles. The van der Waals surface area contributed by atoms with Crippen LogP contribution in [-0.4, -0.2) is 117 Å². The van der Waals surface area contributed by atoms with Gasteiger partial charge in [-0.3, -0.25) is 33.7 Å². The van der Waals surface area contributed by atoms with Gasteiger partial charge in [0.25, 0.3) is 17.4 Å². The molecule has 2 fully saturated rings. The first-order valence-electron chi connectivity index (χ1n) is 23.6. The Labute approximate surface area is 403 Å². The van der Waals surface area contributed by atoms with E-state index in [1.807, 2.05) is 56.7 Å². The molecule has 0 radical (unpaired) electrons. The van der Waals surface area contributed by atoms with E-state index in [2.05, 4.69) is 45.7 Å². The van der Waals surface area contributed by atoms with Gasteiger partial charge in [0, 0.05) is 94.4 Å². The summed E-state index contributed by atoms with van der Waals surface area (Å²) in [7, 11) is 1.90. The van der Waals surface area contributed by atoms with Gasteiger partial charge >= 0.3 is 6.18 Å². The number of hydrogen-bond acceptors (Lipinski definition) is 11. The molecule has 70 heavy (non-hydrogen) atoms. The summed E-state index contributed by atoms with van der Waals surface area (Å²) in [6.45, 7) is 9.17. The van der Waals surface area contributed by atoms with Crippen LogP contribution in [0.5, 0.6) is 0 Å². The monoisotopic (exact) mass is 955 g/mol. The summed E-state index contributed by atoms with van der Waals surface area (Å²) in [6.07, 6.45) is 4.94. The molecule has 2 aliphatic heterocycles. The number of halogens is 3. The van der Waals surface area contributed by atoms with Crippen molar-refractivity contribution in [3.05, 3.63) is 159 Å². The molecule has 6 heterocycles. The molecular formula is C52H56F3N11O4. The van der Waals surface area contributed by atoms with Crippen LogP contribution in [0, 0.1) is 0 Å². The highest BCUT2D eigenvalue weighted by atomic mass is 19.4. The number of benzene rings is 3. The zero-order chi connectivity index (χ0) is 49.2. The highest BCUT2D eigenvalue weighted by molar-refractivity contribution is 6.08. The van der Waals surface area contributed by atoms with E-state index in [9.17, 15) is 32.3 Å². The lowest BCUT2D eigenvalue weighted by atomic mass is 9.88. The molecule has 2 amide bonds. The van der Waals surface area contributed by atoms with Crippen molar-refractivity contribution in [3.63, 3.8) is 0 Å². The number of piperidine rings is 1. The Morgan fingerprint density at radius 3 is 2.33 bits per heavy atom. The summed E-state index contributed by atoms with van der Waals surface area (Å²) in [6, 6.07) is 23.5. The van der Waals surface area contributed by atoms with E-state index in [4.69, 9.17) is 0 Å². The first kappa shape index (κ1) is 49.1. The average Bonchev–Trinajstić information content (AvgIpc) is 3.84. The fourth-order valence-electron chi connectivity index (χ4n) is 9.01. The Balaban J connectivity index is 0.000000196. The van der Waals surface area contributed by atoms with Crippen molar-refractivity contribution in [2.45, 2.75) is 57.8 Å². The summed E-state index contributed by atoms with van der Waals surface area (Å²) in [5.41, 5.74) is 7.04. The van der Waals surface area contributed by atoms with Crippen molar-refractivity contribution >= 4 is 45.6 Å². The van der Waals surface area contributed by atoms with Crippen LogP contribution in [0.2, 0.25) is 0 Å². The number of nitrogens with zero attached hydrogens (tertiary/aromatic N) is 8. The maximum Gasteiger partial charge on any atom is 0.417 e. The van der Waals surface area contributed by atoms with Crippen molar-refractivity contribution in [1.82, 2.24) is 50.4 Å². The Kier molecular flexibility index (Phi) is 15.7. The predicted octanol–water partition coefficient (Wildman–Crippen LogP) is 6.68. The Morgan fingerprint density at radius 2 is 1.63 bits per heavy atom. The van der Waals surface area contributed by atoms with Crippen LogP contribution in [-0.2, 0) is 32.1 Å². The van der Waals surface area contributed by atoms with E-state index < -0.39 is 11.7 Å². The van der Waals surface area contributed by atoms with Crippen LogP contribution in [0.1, 0.15) is 84.8 Å². The molecule has 0 unspecified atom stereocenters. The number of amides is 2. The number of nitrogens with one attached hydrogen (secondary N) is 3. The second-order valence-electron chi connectivity index (χ2n) is 17.6. The van der Waals surface area contributed by atoms with Gasteiger partial charge in [0.05, 0.1) is 40.7 Å². The van der Waals surface area contributed by atoms with E-state index in [0.29, 0.717) is 60.7 Å². The molecule has 15 nitrogen and oxygen atoms in total. The number of likely N-dealkylation sites (tertiary alicyclic amines) is 1. The first-order valence-corrected chi connectivity index (χ1v) is 23.6. The number of carbonyl (C=O) groups is 3. The number of carbonyl (C=O) groups excluding carboxylic acids is 3. The zero-order valence-corrected chi connectivity index (χ0v) is 39.2. The summed E-state index contributed by atoms with van der Waals surface area (Å²) < 4.78 is 41.8. The molecular weight excluding hydrogens is 900 g/mol. The van der Waals surface area contributed by atoms with Gasteiger partial charge < -0.3 is 25.4 Å². The lowest BCUT2D eigenvalue weighted by Crippen LogP contribution is -2.46. The fraction of sp³-hybridized carbons (Fsp3) is 0.346. The fourth-order valence-corrected chi connectivity index (χ4v) is 9.01. The largest absolute Gasteiger partial charge is 0.417 e. The number of pyridine rings is 3.